The molecule has 5 heteroatoms. The normalized spacial score (nSPS) is 11.7. The van der Waals surface area contributed by atoms with Crippen LogP contribution in [0.15, 0.2) is 90.0 Å². The summed E-state index contributed by atoms with van der Waals surface area (Å²) in [4.78, 5) is 13.2. The van der Waals surface area contributed by atoms with Crippen molar-refractivity contribution in [3.05, 3.63) is 124 Å². The van der Waals surface area contributed by atoms with Gasteiger partial charge in [0.15, 0.2) is 5.60 Å². The van der Waals surface area contributed by atoms with Crippen molar-refractivity contribution in [2.45, 2.75) is 33.3 Å². The first kappa shape index (κ1) is 23.2. The first-order valence-corrected chi connectivity index (χ1v) is 11.3. The third-order valence-electron chi connectivity index (χ3n) is 6.30. The number of aromatic nitrogens is 1. The van der Waals surface area contributed by atoms with Gasteiger partial charge in [-0.05, 0) is 68.1 Å². The fourth-order valence-electron chi connectivity index (χ4n) is 4.21. The predicted molar refractivity (Wildman–Crippen MR) is 136 cm³/mol. The first-order valence-electron chi connectivity index (χ1n) is 11.3. The maximum absolute atomic E-state index is 13.2. The minimum atomic E-state index is -1.86. The van der Waals surface area contributed by atoms with E-state index < -0.39 is 11.5 Å². The van der Waals surface area contributed by atoms with Crippen LogP contribution >= 0.6 is 0 Å². The molecule has 1 amide bonds. The molecule has 34 heavy (non-hydrogen) atoms. The van der Waals surface area contributed by atoms with Crippen molar-refractivity contribution in [2.24, 2.45) is 5.10 Å². The van der Waals surface area contributed by atoms with Crippen LogP contribution in [0.25, 0.3) is 5.69 Å². The van der Waals surface area contributed by atoms with Gasteiger partial charge in [-0.25, -0.2) is 5.43 Å². The van der Waals surface area contributed by atoms with Crippen LogP contribution in [0.1, 0.15) is 39.2 Å². The summed E-state index contributed by atoms with van der Waals surface area (Å²) in [7, 11) is 0. The number of aryl methyl sites for hydroxylation is 3. The number of amides is 1. The molecule has 0 saturated carbocycles. The Hall–Kier alpha value is -3.96. The standard InChI is InChI=1S/C29H29N3O2/c1-20-15-16-27(17-21(20)2)32-22(3)18-24(23(32)4)19-30-31-28(33)29(34,25-11-7-5-8-12-25)26-13-9-6-10-14-26/h5-19,34H,1-4H3,(H,31,33). The molecule has 1 heterocycles. The van der Waals surface area contributed by atoms with Gasteiger partial charge in [-0.15, -0.1) is 0 Å². The molecular weight excluding hydrogens is 422 g/mol. The highest BCUT2D eigenvalue weighted by molar-refractivity contribution is 5.91. The molecule has 5 nitrogen and oxygen atoms in total. The molecule has 2 N–H and O–H groups in total. The summed E-state index contributed by atoms with van der Waals surface area (Å²) < 4.78 is 2.17. The van der Waals surface area contributed by atoms with E-state index in [2.05, 4.69) is 47.1 Å². The van der Waals surface area contributed by atoms with Crippen molar-refractivity contribution in [1.82, 2.24) is 9.99 Å². The number of benzene rings is 3. The number of nitrogens with zero attached hydrogens (tertiary/aromatic N) is 2. The van der Waals surface area contributed by atoms with E-state index in [0.717, 1.165) is 22.6 Å². The SMILES string of the molecule is Cc1ccc(-n2c(C)cc(C=NNC(=O)C(O)(c3ccccc3)c3ccccc3)c2C)cc1C. The zero-order chi connectivity index (χ0) is 24.3. The number of hydrogen-bond donors (Lipinski definition) is 2. The zero-order valence-electron chi connectivity index (χ0n) is 19.9. The first-order chi connectivity index (χ1) is 16.3. The Morgan fingerprint density at radius 2 is 1.44 bits per heavy atom. The van der Waals surface area contributed by atoms with Crippen LogP contribution < -0.4 is 5.43 Å². The smallest absolute Gasteiger partial charge is 0.281 e. The fraction of sp³-hybridized carbons (Fsp3) is 0.172. The lowest BCUT2D eigenvalue weighted by Gasteiger charge is -2.27. The zero-order valence-corrected chi connectivity index (χ0v) is 19.9. The Balaban J connectivity index is 1.61. The maximum atomic E-state index is 13.2. The van der Waals surface area contributed by atoms with E-state index in [4.69, 9.17) is 0 Å². The van der Waals surface area contributed by atoms with Crippen LogP contribution in [0.2, 0.25) is 0 Å². The summed E-state index contributed by atoms with van der Waals surface area (Å²) in [6, 6.07) is 26.2. The molecule has 0 aliphatic carbocycles. The largest absolute Gasteiger partial charge is 0.372 e. The van der Waals surface area contributed by atoms with Crippen LogP contribution in [0, 0.1) is 27.7 Å². The molecule has 0 atom stereocenters. The van der Waals surface area contributed by atoms with Gasteiger partial charge in [0, 0.05) is 22.6 Å². The number of rotatable bonds is 6. The van der Waals surface area contributed by atoms with Gasteiger partial charge in [0.25, 0.3) is 5.91 Å². The monoisotopic (exact) mass is 451 g/mol. The molecule has 1 aromatic heterocycles. The summed E-state index contributed by atoms with van der Waals surface area (Å²) in [6.07, 6.45) is 1.62. The number of carbonyl (C=O) groups excluding carboxylic acids is 1. The molecule has 4 aromatic rings. The van der Waals surface area contributed by atoms with Crippen LogP contribution in [-0.4, -0.2) is 21.8 Å². The van der Waals surface area contributed by atoms with E-state index in [1.807, 2.05) is 32.0 Å². The number of nitrogens with one attached hydrogen (secondary N) is 1. The molecule has 0 fully saturated rings. The summed E-state index contributed by atoms with van der Waals surface area (Å²) in [5, 5.41) is 15.7. The lowest BCUT2D eigenvalue weighted by molar-refractivity contribution is -0.136. The van der Waals surface area contributed by atoms with Crippen molar-refractivity contribution < 1.29 is 9.90 Å². The van der Waals surface area contributed by atoms with Crippen LogP contribution in [0.5, 0.6) is 0 Å². The quantitative estimate of drug-likeness (QED) is 0.316. The van der Waals surface area contributed by atoms with E-state index in [9.17, 15) is 9.90 Å². The van der Waals surface area contributed by atoms with Crippen LogP contribution in [-0.2, 0) is 10.4 Å². The molecule has 172 valence electrons. The lowest BCUT2D eigenvalue weighted by Crippen LogP contribution is -2.43. The number of aliphatic hydroxyl groups is 1. The second-order valence-corrected chi connectivity index (χ2v) is 8.57. The average molecular weight is 452 g/mol. The summed E-state index contributed by atoms with van der Waals surface area (Å²) in [5.74, 6) is -0.621. The fourth-order valence-corrected chi connectivity index (χ4v) is 4.21. The molecule has 3 aromatic carbocycles. The van der Waals surface area contributed by atoms with Gasteiger partial charge in [0.1, 0.15) is 0 Å². The van der Waals surface area contributed by atoms with Crippen molar-refractivity contribution in [3.63, 3.8) is 0 Å². The Bertz CT molecular complexity index is 1300. The second kappa shape index (κ2) is 9.49. The molecule has 0 aliphatic rings. The second-order valence-electron chi connectivity index (χ2n) is 8.57. The Labute approximate surface area is 200 Å². The van der Waals surface area contributed by atoms with Gasteiger partial charge in [-0.1, -0.05) is 66.7 Å². The Morgan fingerprint density at radius 1 is 0.853 bits per heavy atom. The van der Waals surface area contributed by atoms with E-state index in [0.29, 0.717) is 11.1 Å². The summed E-state index contributed by atoms with van der Waals surface area (Å²) in [6.45, 7) is 8.27. The maximum Gasteiger partial charge on any atom is 0.281 e. The van der Waals surface area contributed by atoms with Crippen LogP contribution in [0.4, 0.5) is 0 Å². The van der Waals surface area contributed by atoms with Gasteiger partial charge in [-0.3, -0.25) is 4.79 Å². The van der Waals surface area contributed by atoms with Crippen molar-refractivity contribution in [1.29, 1.82) is 0 Å². The third-order valence-corrected chi connectivity index (χ3v) is 6.30. The number of hydrogen-bond acceptors (Lipinski definition) is 3. The van der Waals surface area contributed by atoms with E-state index in [1.54, 1.807) is 54.7 Å². The highest BCUT2D eigenvalue weighted by atomic mass is 16.3. The van der Waals surface area contributed by atoms with Gasteiger partial charge >= 0.3 is 0 Å². The summed E-state index contributed by atoms with van der Waals surface area (Å²) >= 11 is 0. The Kier molecular flexibility index (Phi) is 6.48. The molecule has 0 unspecified atom stereocenters. The number of carbonyl (C=O) groups is 1. The highest BCUT2D eigenvalue weighted by Crippen LogP contribution is 2.30. The minimum absolute atomic E-state index is 0.474. The van der Waals surface area contributed by atoms with Crippen LogP contribution in [0.3, 0.4) is 0 Å². The molecule has 0 radical (unpaired) electrons. The van der Waals surface area contributed by atoms with Crippen molar-refractivity contribution in [3.8, 4) is 5.69 Å². The lowest BCUT2D eigenvalue weighted by atomic mass is 9.85. The third kappa shape index (κ3) is 4.30. The molecule has 0 bridgehead atoms. The summed E-state index contributed by atoms with van der Waals surface area (Å²) in [5.41, 5.74) is 8.17. The average Bonchev–Trinajstić information content (AvgIpc) is 3.14. The van der Waals surface area contributed by atoms with Crippen molar-refractivity contribution in [2.75, 3.05) is 0 Å². The Morgan fingerprint density at radius 3 is 2.00 bits per heavy atom. The predicted octanol–water partition coefficient (Wildman–Crippen LogP) is 5.10. The minimum Gasteiger partial charge on any atom is -0.372 e. The topological polar surface area (TPSA) is 66.6 Å². The van der Waals surface area contributed by atoms with Gasteiger partial charge in [-0.2, -0.15) is 5.10 Å². The van der Waals surface area contributed by atoms with Gasteiger partial charge < -0.3 is 9.67 Å². The van der Waals surface area contributed by atoms with Gasteiger partial charge in [0.05, 0.1) is 6.21 Å². The van der Waals surface area contributed by atoms with E-state index in [-0.39, 0.29) is 0 Å². The van der Waals surface area contributed by atoms with Gasteiger partial charge in [0.2, 0.25) is 0 Å². The molecule has 0 saturated heterocycles. The molecule has 4 rings (SSSR count). The molecular formula is C29H29N3O2. The number of hydrazone groups is 1. The molecule has 0 spiro atoms. The molecule has 0 aliphatic heterocycles. The van der Waals surface area contributed by atoms with E-state index >= 15 is 0 Å². The van der Waals surface area contributed by atoms with E-state index in [1.165, 1.54) is 11.1 Å². The highest BCUT2D eigenvalue weighted by Gasteiger charge is 2.39. The van der Waals surface area contributed by atoms with Crippen molar-refractivity contribution >= 4 is 12.1 Å².